The molecule has 1 aromatic carbocycles. The number of aryl methyl sites for hydroxylation is 3. The second-order valence-corrected chi connectivity index (χ2v) is 4.83. The van der Waals surface area contributed by atoms with Gasteiger partial charge in [0.05, 0.1) is 5.69 Å². The van der Waals surface area contributed by atoms with Crippen LogP contribution >= 0.6 is 15.9 Å². The van der Waals surface area contributed by atoms with Crippen molar-refractivity contribution < 1.29 is 0 Å². The van der Waals surface area contributed by atoms with Gasteiger partial charge in [0.15, 0.2) is 0 Å². The molecule has 0 aliphatic carbocycles. The molecule has 1 aromatic heterocycles. The van der Waals surface area contributed by atoms with Gasteiger partial charge in [-0.15, -0.1) is 0 Å². The zero-order chi connectivity index (χ0) is 11.9. The lowest BCUT2D eigenvalue weighted by Crippen LogP contribution is -2.14. The largest absolute Gasteiger partial charge is 0.294 e. The van der Waals surface area contributed by atoms with Crippen molar-refractivity contribution in [2.45, 2.75) is 20.8 Å². The molecule has 3 nitrogen and oxygen atoms in total. The Morgan fingerprint density at radius 2 is 1.69 bits per heavy atom. The summed E-state index contributed by atoms with van der Waals surface area (Å²) >= 11 is 3.27. The standard InChI is InChI=1S/C12H13BrN2O/c1-7-4-8(2)6-10(5-7)15-12(16)11(13)9(3)14-15/h4-6,14H,1-3H3. The minimum absolute atomic E-state index is 0.0532. The molecule has 0 atom stereocenters. The molecular formula is C12H13BrN2O. The zero-order valence-electron chi connectivity index (χ0n) is 9.47. The quantitative estimate of drug-likeness (QED) is 0.857. The predicted molar refractivity (Wildman–Crippen MR) is 68.3 cm³/mol. The van der Waals surface area contributed by atoms with Crippen LogP contribution in [0.5, 0.6) is 0 Å². The summed E-state index contributed by atoms with van der Waals surface area (Å²) < 4.78 is 2.14. The van der Waals surface area contributed by atoms with E-state index in [1.165, 1.54) is 0 Å². The topological polar surface area (TPSA) is 37.8 Å². The summed E-state index contributed by atoms with van der Waals surface area (Å²) in [6.07, 6.45) is 0. The van der Waals surface area contributed by atoms with Crippen molar-refractivity contribution in [3.05, 3.63) is 49.8 Å². The van der Waals surface area contributed by atoms with Crippen molar-refractivity contribution in [3.63, 3.8) is 0 Å². The number of H-pyrrole nitrogens is 1. The van der Waals surface area contributed by atoms with Gasteiger partial charge in [-0.2, -0.15) is 0 Å². The normalized spacial score (nSPS) is 10.8. The molecule has 0 saturated carbocycles. The summed E-state index contributed by atoms with van der Waals surface area (Å²) in [6, 6.07) is 6.05. The number of nitrogens with zero attached hydrogens (tertiary/aromatic N) is 1. The Labute approximate surface area is 102 Å². The second-order valence-electron chi connectivity index (χ2n) is 4.04. The molecule has 0 amide bonds. The molecule has 0 saturated heterocycles. The van der Waals surface area contributed by atoms with Crippen LogP contribution in [0.25, 0.3) is 5.69 Å². The molecule has 2 aromatic rings. The lowest BCUT2D eigenvalue weighted by Gasteiger charge is -2.04. The molecule has 1 heterocycles. The van der Waals surface area contributed by atoms with E-state index in [2.05, 4.69) is 27.1 Å². The van der Waals surface area contributed by atoms with E-state index in [0.29, 0.717) is 4.47 Å². The van der Waals surface area contributed by atoms with Gasteiger partial charge in [-0.1, -0.05) is 6.07 Å². The van der Waals surface area contributed by atoms with Crippen LogP contribution in [0.4, 0.5) is 0 Å². The van der Waals surface area contributed by atoms with Crippen LogP contribution in [0.3, 0.4) is 0 Å². The highest BCUT2D eigenvalue weighted by Crippen LogP contribution is 2.14. The van der Waals surface area contributed by atoms with Crippen LogP contribution in [0.1, 0.15) is 16.8 Å². The van der Waals surface area contributed by atoms with E-state index in [-0.39, 0.29) is 5.56 Å². The highest BCUT2D eigenvalue weighted by Gasteiger charge is 2.09. The first-order valence-electron chi connectivity index (χ1n) is 5.05. The zero-order valence-corrected chi connectivity index (χ0v) is 11.1. The van der Waals surface area contributed by atoms with Gasteiger partial charge < -0.3 is 0 Å². The predicted octanol–water partition coefficient (Wildman–Crippen LogP) is 2.85. The average Bonchev–Trinajstić information content (AvgIpc) is 2.44. The van der Waals surface area contributed by atoms with Crippen LogP contribution < -0.4 is 5.56 Å². The molecular weight excluding hydrogens is 268 g/mol. The molecule has 0 aliphatic heterocycles. The molecule has 0 aliphatic rings. The van der Waals surface area contributed by atoms with E-state index in [1.54, 1.807) is 4.68 Å². The molecule has 16 heavy (non-hydrogen) atoms. The number of hydrogen-bond donors (Lipinski definition) is 1. The van der Waals surface area contributed by atoms with Crippen LogP contribution in [0.2, 0.25) is 0 Å². The van der Waals surface area contributed by atoms with Crippen molar-refractivity contribution in [1.82, 2.24) is 9.78 Å². The Hall–Kier alpha value is -1.29. The highest BCUT2D eigenvalue weighted by atomic mass is 79.9. The number of benzene rings is 1. The van der Waals surface area contributed by atoms with Crippen LogP contribution in [-0.2, 0) is 0 Å². The lowest BCUT2D eigenvalue weighted by molar-refractivity contribution is 0.833. The van der Waals surface area contributed by atoms with E-state index < -0.39 is 0 Å². The summed E-state index contributed by atoms with van der Waals surface area (Å²) in [5, 5.41) is 3.04. The number of nitrogens with one attached hydrogen (secondary N) is 1. The summed E-state index contributed by atoms with van der Waals surface area (Å²) in [4.78, 5) is 11.9. The number of hydrogen-bond acceptors (Lipinski definition) is 1. The Kier molecular flexibility index (Phi) is 2.76. The first-order valence-corrected chi connectivity index (χ1v) is 5.84. The third-order valence-corrected chi connectivity index (χ3v) is 3.40. The first kappa shape index (κ1) is 11.2. The van der Waals surface area contributed by atoms with Crippen molar-refractivity contribution in [2.75, 3.05) is 0 Å². The van der Waals surface area contributed by atoms with Gasteiger partial charge in [0.25, 0.3) is 5.56 Å². The van der Waals surface area contributed by atoms with Gasteiger partial charge >= 0.3 is 0 Å². The number of aromatic nitrogens is 2. The molecule has 1 N–H and O–H groups in total. The van der Waals surface area contributed by atoms with Gasteiger partial charge in [0.2, 0.25) is 0 Å². The van der Waals surface area contributed by atoms with E-state index >= 15 is 0 Å². The Morgan fingerprint density at radius 3 is 2.12 bits per heavy atom. The van der Waals surface area contributed by atoms with E-state index in [1.807, 2.05) is 32.9 Å². The fourth-order valence-corrected chi connectivity index (χ4v) is 2.05. The summed E-state index contributed by atoms with van der Waals surface area (Å²) in [5.74, 6) is 0. The van der Waals surface area contributed by atoms with E-state index in [4.69, 9.17) is 0 Å². The summed E-state index contributed by atoms with van der Waals surface area (Å²) in [7, 11) is 0. The Bertz CT molecular complexity index is 575. The first-order chi connectivity index (χ1) is 7.49. The minimum Gasteiger partial charge on any atom is -0.294 e. The monoisotopic (exact) mass is 280 g/mol. The maximum absolute atomic E-state index is 11.9. The van der Waals surface area contributed by atoms with Crippen molar-refractivity contribution in [3.8, 4) is 5.69 Å². The average molecular weight is 281 g/mol. The Balaban J connectivity index is 2.67. The fourth-order valence-electron chi connectivity index (χ4n) is 1.79. The molecule has 0 unspecified atom stereocenters. The molecule has 2 rings (SSSR count). The van der Waals surface area contributed by atoms with Crippen LogP contribution in [-0.4, -0.2) is 9.78 Å². The smallest absolute Gasteiger partial charge is 0.285 e. The third-order valence-electron chi connectivity index (χ3n) is 2.46. The van der Waals surface area contributed by atoms with E-state index in [9.17, 15) is 4.79 Å². The number of rotatable bonds is 1. The number of aromatic amines is 1. The summed E-state index contributed by atoms with van der Waals surface area (Å²) in [6.45, 7) is 5.91. The van der Waals surface area contributed by atoms with Crippen molar-refractivity contribution >= 4 is 15.9 Å². The minimum atomic E-state index is -0.0532. The fraction of sp³-hybridized carbons (Fsp3) is 0.250. The molecule has 4 heteroatoms. The number of halogens is 1. The lowest BCUT2D eigenvalue weighted by atomic mass is 10.1. The van der Waals surface area contributed by atoms with Gasteiger partial charge in [-0.05, 0) is 60.0 Å². The van der Waals surface area contributed by atoms with E-state index in [0.717, 1.165) is 22.5 Å². The van der Waals surface area contributed by atoms with Gasteiger partial charge in [0, 0.05) is 5.69 Å². The van der Waals surface area contributed by atoms with Gasteiger partial charge in [0.1, 0.15) is 4.47 Å². The maximum atomic E-state index is 11.9. The van der Waals surface area contributed by atoms with Crippen LogP contribution in [0.15, 0.2) is 27.5 Å². The van der Waals surface area contributed by atoms with Crippen molar-refractivity contribution in [2.24, 2.45) is 0 Å². The van der Waals surface area contributed by atoms with Crippen molar-refractivity contribution in [1.29, 1.82) is 0 Å². The second kappa shape index (κ2) is 3.94. The maximum Gasteiger partial charge on any atom is 0.285 e. The van der Waals surface area contributed by atoms with Gasteiger partial charge in [-0.25, -0.2) is 4.68 Å². The molecule has 0 radical (unpaired) electrons. The van der Waals surface area contributed by atoms with Gasteiger partial charge in [-0.3, -0.25) is 9.89 Å². The third kappa shape index (κ3) is 1.85. The SMILES string of the molecule is Cc1cc(C)cc(-n2[nH]c(C)c(Br)c2=O)c1. The summed E-state index contributed by atoms with van der Waals surface area (Å²) in [5.41, 5.74) is 3.94. The van der Waals surface area contributed by atoms with Crippen LogP contribution in [0, 0.1) is 20.8 Å². The molecule has 84 valence electrons. The molecule has 0 spiro atoms. The highest BCUT2D eigenvalue weighted by molar-refractivity contribution is 9.10. The molecule has 0 fully saturated rings. The Morgan fingerprint density at radius 1 is 1.12 bits per heavy atom. The molecule has 0 bridgehead atoms.